The van der Waals surface area contributed by atoms with Crippen LogP contribution < -0.4 is 26.6 Å². The fourth-order valence-electron chi connectivity index (χ4n) is 4.70. The molecule has 20 nitrogen and oxygen atoms in total. The van der Waals surface area contributed by atoms with Crippen molar-refractivity contribution in [1.29, 1.82) is 0 Å². The van der Waals surface area contributed by atoms with Crippen LogP contribution in [0.2, 0.25) is 0 Å². The van der Waals surface area contributed by atoms with Crippen LogP contribution in [0.15, 0.2) is 0 Å². The standard InChI is InChI=1S/C26H47BN8O12/c1-17(25(44)32-18(2)26(45)35-7-3-4-19(35)27(46)47)31-20(36)12-30-21(37)15-33(8-5-28-13-22(38)39)10-11-34(16-24(42)43)9-6-29-14-23(40)41/h17-19,28-29,46-47H,3-16H2,1-2H3,(H,30,37)(H,31,36)(H,32,44)(H,38,39)(H,40,41)(H,42,43)/t17-,18+,19-/m0/s1. The van der Waals surface area contributed by atoms with Crippen molar-refractivity contribution in [2.24, 2.45) is 0 Å². The lowest BCUT2D eigenvalue weighted by Crippen LogP contribution is -2.55. The number of carbonyl (C=O) groups is 7. The predicted molar refractivity (Wildman–Crippen MR) is 165 cm³/mol. The van der Waals surface area contributed by atoms with Crippen molar-refractivity contribution in [3.8, 4) is 0 Å². The summed E-state index contributed by atoms with van der Waals surface area (Å²) in [5.74, 6) is -6.45. The molecule has 0 aromatic carbocycles. The van der Waals surface area contributed by atoms with Crippen LogP contribution in [-0.4, -0.2) is 185 Å². The zero-order valence-corrected chi connectivity index (χ0v) is 26.6. The summed E-state index contributed by atoms with van der Waals surface area (Å²) in [5, 5.41) is 58.5. The van der Waals surface area contributed by atoms with E-state index in [2.05, 4.69) is 26.6 Å². The summed E-state index contributed by atoms with van der Waals surface area (Å²) in [7, 11) is -1.70. The Bertz CT molecular complexity index is 1080. The van der Waals surface area contributed by atoms with Crippen LogP contribution in [0, 0.1) is 0 Å². The van der Waals surface area contributed by atoms with E-state index in [0.29, 0.717) is 19.4 Å². The third-order valence-electron chi connectivity index (χ3n) is 7.09. The molecule has 1 aliphatic rings. The number of nitrogens with one attached hydrogen (secondary N) is 5. The Hall–Kier alpha value is -3.89. The van der Waals surface area contributed by atoms with Crippen molar-refractivity contribution >= 4 is 48.7 Å². The molecule has 21 heteroatoms. The second-order valence-electron chi connectivity index (χ2n) is 11.0. The number of rotatable bonds is 24. The Kier molecular flexibility index (Phi) is 19.1. The molecule has 0 saturated carbocycles. The van der Waals surface area contributed by atoms with Crippen LogP contribution in [0.25, 0.3) is 0 Å². The molecule has 1 saturated heterocycles. The molecule has 0 aromatic heterocycles. The Morgan fingerprint density at radius 2 is 1.30 bits per heavy atom. The lowest BCUT2D eigenvalue weighted by atomic mass is 9.78. The van der Waals surface area contributed by atoms with Gasteiger partial charge in [-0.15, -0.1) is 0 Å². The molecule has 47 heavy (non-hydrogen) atoms. The largest absolute Gasteiger partial charge is 0.480 e. The van der Waals surface area contributed by atoms with Crippen LogP contribution in [0.1, 0.15) is 26.7 Å². The summed E-state index contributed by atoms with van der Waals surface area (Å²) in [6, 6.07) is -2.07. The Balaban J connectivity index is 2.62. The highest BCUT2D eigenvalue weighted by molar-refractivity contribution is 6.43. The highest BCUT2D eigenvalue weighted by Gasteiger charge is 2.38. The van der Waals surface area contributed by atoms with E-state index in [1.54, 1.807) is 9.80 Å². The average molecular weight is 675 g/mol. The van der Waals surface area contributed by atoms with Gasteiger partial charge in [0, 0.05) is 45.8 Å². The topological polar surface area (TPSA) is 291 Å². The van der Waals surface area contributed by atoms with Gasteiger partial charge in [-0.05, 0) is 26.7 Å². The molecule has 0 aromatic rings. The highest BCUT2D eigenvalue weighted by atomic mass is 16.4. The molecule has 1 rings (SSSR count). The second-order valence-corrected chi connectivity index (χ2v) is 11.0. The van der Waals surface area contributed by atoms with E-state index >= 15 is 0 Å². The van der Waals surface area contributed by atoms with E-state index in [1.165, 1.54) is 18.7 Å². The molecule has 266 valence electrons. The van der Waals surface area contributed by atoms with Crippen molar-refractivity contribution < 1.29 is 58.9 Å². The maximum atomic E-state index is 12.7. The minimum absolute atomic E-state index is 0.181. The first kappa shape index (κ1) is 41.1. The Morgan fingerprint density at radius 3 is 1.81 bits per heavy atom. The normalized spacial score (nSPS) is 15.6. The summed E-state index contributed by atoms with van der Waals surface area (Å²) in [6.07, 6.45) is 1.00. The van der Waals surface area contributed by atoms with E-state index in [0.717, 1.165) is 0 Å². The molecule has 1 fully saturated rings. The van der Waals surface area contributed by atoms with Crippen LogP contribution in [0.3, 0.4) is 0 Å². The Morgan fingerprint density at radius 1 is 0.745 bits per heavy atom. The van der Waals surface area contributed by atoms with Gasteiger partial charge in [0.2, 0.25) is 23.6 Å². The van der Waals surface area contributed by atoms with Crippen LogP contribution in [0.4, 0.5) is 0 Å². The lowest BCUT2D eigenvalue weighted by molar-refractivity contribution is -0.139. The second kappa shape index (κ2) is 21.8. The molecule has 10 N–H and O–H groups in total. The van der Waals surface area contributed by atoms with Crippen molar-refractivity contribution in [1.82, 2.24) is 41.3 Å². The number of carboxylic acids is 3. The van der Waals surface area contributed by atoms with Crippen LogP contribution in [-0.2, 0) is 33.6 Å². The average Bonchev–Trinajstić information content (AvgIpc) is 3.48. The summed E-state index contributed by atoms with van der Waals surface area (Å²) >= 11 is 0. The van der Waals surface area contributed by atoms with Gasteiger partial charge in [-0.2, -0.15) is 0 Å². The van der Waals surface area contributed by atoms with Gasteiger partial charge in [0.15, 0.2) is 0 Å². The summed E-state index contributed by atoms with van der Waals surface area (Å²) in [5.41, 5.74) is 0. The summed E-state index contributed by atoms with van der Waals surface area (Å²) < 4.78 is 0. The fraction of sp³-hybridized carbons (Fsp3) is 0.731. The number of carbonyl (C=O) groups excluding carboxylic acids is 4. The van der Waals surface area contributed by atoms with E-state index in [-0.39, 0.29) is 65.4 Å². The lowest BCUT2D eigenvalue weighted by Gasteiger charge is -2.28. The molecular formula is C26H47BN8O12. The van der Waals surface area contributed by atoms with Gasteiger partial charge in [-0.3, -0.25) is 43.4 Å². The molecule has 0 unspecified atom stereocenters. The smallest absolute Gasteiger partial charge is 0.475 e. The highest BCUT2D eigenvalue weighted by Crippen LogP contribution is 2.19. The molecule has 1 aliphatic heterocycles. The van der Waals surface area contributed by atoms with Gasteiger partial charge >= 0.3 is 25.0 Å². The molecular weight excluding hydrogens is 627 g/mol. The van der Waals surface area contributed by atoms with Crippen LogP contribution in [0.5, 0.6) is 0 Å². The molecule has 1 heterocycles. The minimum atomic E-state index is -1.70. The van der Waals surface area contributed by atoms with Gasteiger partial charge in [-0.25, -0.2) is 0 Å². The summed E-state index contributed by atoms with van der Waals surface area (Å²) in [4.78, 5) is 87.6. The van der Waals surface area contributed by atoms with Crippen LogP contribution >= 0.6 is 0 Å². The Labute approximate surface area is 272 Å². The quantitative estimate of drug-likeness (QED) is 0.0337. The van der Waals surface area contributed by atoms with E-state index in [1.807, 2.05) is 0 Å². The number of amides is 4. The zero-order valence-electron chi connectivity index (χ0n) is 26.6. The summed E-state index contributed by atoms with van der Waals surface area (Å²) in [6.45, 7) is 2.64. The van der Waals surface area contributed by atoms with E-state index in [9.17, 15) is 48.7 Å². The van der Waals surface area contributed by atoms with Crippen molar-refractivity contribution in [2.75, 3.05) is 78.5 Å². The third kappa shape index (κ3) is 17.6. The first-order valence-electron chi connectivity index (χ1n) is 15.1. The SMILES string of the molecule is C[C@H](NC(=O)CNC(=O)CN(CCNCC(=O)O)CCN(CCNCC(=O)O)CC(=O)O)C(=O)N[C@H](C)C(=O)N1CCC[C@H]1B(O)O. The number of hydrogen-bond acceptors (Lipinski definition) is 13. The maximum absolute atomic E-state index is 12.7. The number of carboxylic acid groups (broad SMARTS) is 3. The van der Waals surface area contributed by atoms with Gasteiger partial charge < -0.3 is 56.9 Å². The minimum Gasteiger partial charge on any atom is -0.480 e. The fourth-order valence-corrected chi connectivity index (χ4v) is 4.70. The number of aliphatic carboxylic acids is 3. The molecule has 4 amide bonds. The third-order valence-corrected chi connectivity index (χ3v) is 7.09. The number of hydrogen-bond donors (Lipinski definition) is 10. The van der Waals surface area contributed by atoms with Gasteiger partial charge in [-0.1, -0.05) is 0 Å². The van der Waals surface area contributed by atoms with Crippen molar-refractivity contribution in [2.45, 2.75) is 44.7 Å². The molecule has 3 atom stereocenters. The molecule has 0 radical (unpaired) electrons. The first-order chi connectivity index (χ1) is 22.1. The molecule has 0 aliphatic carbocycles. The number of nitrogens with zero attached hydrogens (tertiary/aromatic N) is 3. The van der Waals surface area contributed by atoms with Crippen molar-refractivity contribution in [3.63, 3.8) is 0 Å². The zero-order chi connectivity index (χ0) is 35.5. The van der Waals surface area contributed by atoms with Gasteiger partial charge in [0.1, 0.15) is 12.1 Å². The van der Waals surface area contributed by atoms with Gasteiger partial charge in [0.05, 0.1) is 38.7 Å². The first-order valence-corrected chi connectivity index (χ1v) is 15.1. The monoisotopic (exact) mass is 674 g/mol. The van der Waals surface area contributed by atoms with Gasteiger partial charge in [0.25, 0.3) is 0 Å². The number of likely N-dealkylation sites (tertiary alicyclic amines) is 1. The van der Waals surface area contributed by atoms with E-state index < -0.39 is 73.2 Å². The predicted octanol–water partition coefficient (Wildman–Crippen LogP) is -5.85. The van der Waals surface area contributed by atoms with E-state index in [4.69, 9.17) is 10.2 Å². The molecule has 0 spiro atoms. The maximum Gasteiger partial charge on any atom is 0.475 e. The van der Waals surface area contributed by atoms with Crippen molar-refractivity contribution in [3.05, 3.63) is 0 Å². The molecule has 0 bridgehead atoms.